The van der Waals surface area contributed by atoms with Gasteiger partial charge in [0, 0.05) is 37.3 Å². The molecule has 0 bridgehead atoms. The van der Waals surface area contributed by atoms with Crippen LogP contribution in [-0.2, 0) is 9.53 Å². The molecular weight excluding hydrogens is 501 g/mol. The first-order valence-electron chi connectivity index (χ1n) is 12.6. The van der Waals surface area contributed by atoms with E-state index in [0.717, 1.165) is 22.8 Å². The Morgan fingerprint density at radius 1 is 1.03 bits per heavy atom. The smallest absolute Gasteiger partial charge is 0.262 e. The fourth-order valence-electron chi connectivity index (χ4n) is 4.48. The molecule has 3 aromatic carbocycles. The number of hydrazone groups is 1. The third-order valence-electron chi connectivity index (χ3n) is 6.60. The van der Waals surface area contributed by atoms with Crippen molar-refractivity contribution >= 4 is 17.5 Å². The summed E-state index contributed by atoms with van der Waals surface area (Å²) in [4.78, 5) is 28.4. The van der Waals surface area contributed by atoms with Crippen molar-refractivity contribution in [2.24, 2.45) is 5.10 Å². The number of benzene rings is 3. The summed E-state index contributed by atoms with van der Waals surface area (Å²) in [5.74, 6) is -0.147. The van der Waals surface area contributed by atoms with Crippen LogP contribution in [0.4, 0.5) is 4.39 Å². The lowest BCUT2D eigenvalue weighted by Gasteiger charge is -2.27. The molecule has 0 radical (unpaired) electrons. The highest BCUT2D eigenvalue weighted by atomic mass is 19.1. The maximum Gasteiger partial charge on any atom is 0.262 e. The van der Waals surface area contributed by atoms with Gasteiger partial charge in [0.05, 0.1) is 32.6 Å². The number of hydrogen-bond acceptors (Lipinski definition) is 6. The van der Waals surface area contributed by atoms with Crippen molar-refractivity contribution in [2.75, 3.05) is 41.0 Å². The van der Waals surface area contributed by atoms with Gasteiger partial charge in [-0.3, -0.25) is 9.59 Å². The van der Waals surface area contributed by atoms with Crippen LogP contribution in [0.15, 0.2) is 71.8 Å². The minimum Gasteiger partial charge on any atom is -0.497 e. The quantitative estimate of drug-likeness (QED) is 0.380. The minimum absolute atomic E-state index is 0.155. The van der Waals surface area contributed by atoms with Crippen molar-refractivity contribution in [3.05, 3.63) is 94.8 Å². The molecule has 2 amide bonds. The normalized spacial score (nSPS) is 14.6. The highest BCUT2D eigenvalue weighted by Crippen LogP contribution is 2.36. The van der Waals surface area contributed by atoms with Gasteiger partial charge in [0.15, 0.2) is 0 Å². The van der Waals surface area contributed by atoms with Gasteiger partial charge in [-0.25, -0.2) is 9.40 Å². The first-order chi connectivity index (χ1) is 18.8. The lowest BCUT2D eigenvalue weighted by atomic mass is 9.97. The molecule has 0 unspecified atom stereocenters. The standard InChI is InChI=1S/C30H32FN3O5/c1-20-8-10-21(11-9-20)27-18-26(25-13-12-24(38-3)17-28(25)39-4)32-34(27)29(35)19-33(14-15-37-2)30(36)22-6-5-7-23(31)16-22/h5-13,16-17,27H,14-15,18-19H2,1-4H3/t27-/m1/s1. The van der Waals surface area contributed by atoms with Crippen molar-refractivity contribution < 1.29 is 28.2 Å². The Balaban J connectivity index is 1.67. The van der Waals surface area contributed by atoms with E-state index < -0.39 is 11.7 Å². The number of rotatable bonds is 10. The predicted molar refractivity (Wildman–Crippen MR) is 146 cm³/mol. The maximum atomic E-state index is 13.8. The lowest BCUT2D eigenvalue weighted by Crippen LogP contribution is -2.42. The minimum atomic E-state index is -0.527. The molecule has 0 fully saturated rings. The van der Waals surface area contributed by atoms with Crippen molar-refractivity contribution in [2.45, 2.75) is 19.4 Å². The molecule has 1 heterocycles. The molecule has 0 N–H and O–H groups in total. The predicted octanol–water partition coefficient (Wildman–Crippen LogP) is 4.62. The summed E-state index contributed by atoms with van der Waals surface area (Å²) in [7, 11) is 4.66. The van der Waals surface area contributed by atoms with Crippen molar-refractivity contribution in [3.63, 3.8) is 0 Å². The summed E-state index contributed by atoms with van der Waals surface area (Å²) in [5, 5.41) is 6.17. The molecule has 4 rings (SSSR count). The highest BCUT2D eigenvalue weighted by molar-refractivity contribution is 6.05. The molecule has 8 nitrogen and oxygen atoms in total. The van der Waals surface area contributed by atoms with Gasteiger partial charge in [0.1, 0.15) is 23.9 Å². The molecule has 9 heteroatoms. The van der Waals surface area contributed by atoms with Crippen LogP contribution in [0, 0.1) is 12.7 Å². The van der Waals surface area contributed by atoms with Crippen LogP contribution in [-0.4, -0.2) is 68.5 Å². The molecule has 39 heavy (non-hydrogen) atoms. The van der Waals surface area contributed by atoms with Crippen molar-refractivity contribution in [1.82, 2.24) is 9.91 Å². The van der Waals surface area contributed by atoms with Gasteiger partial charge in [0.2, 0.25) is 0 Å². The summed E-state index contributed by atoms with van der Waals surface area (Å²) < 4.78 is 29.9. The van der Waals surface area contributed by atoms with Crippen molar-refractivity contribution in [3.8, 4) is 11.5 Å². The van der Waals surface area contributed by atoms with Crippen LogP contribution >= 0.6 is 0 Å². The Morgan fingerprint density at radius 2 is 1.79 bits per heavy atom. The molecule has 3 aromatic rings. The molecule has 0 saturated heterocycles. The van der Waals surface area contributed by atoms with Gasteiger partial charge in [-0.2, -0.15) is 5.10 Å². The van der Waals surface area contributed by atoms with Crippen LogP contribution in [0.5, 0.6) is 11.5 Å². The highest BCUT2D eigenvalue weighted by Gasteiger charge is 2.35. The molecule has 0 aromatic heterocycles. The Kier molecular flexibility index (Phi) is 8.93. The first kappa shape index (κ1) is 27.8. The molecule has 0 aliphatic carbocycles. The van der Waals surface area contributed by atoms with E-state index in [2.05, 4.69) is 0 Å². The molecule has 0 saturated carbocycles. The molecule has 204 valence electrons. The number of ether oxygens (including phenoxy) is 3. The average Bonchev–Trinajstić information content (AvgIpc) is 3.40. The summed E-state index contributed by atoms with van der Waals surface area (Å²) in [5.41, 5.74) is 3.59. The van der Waals surface area contributed by atoms with Crippen LogP contribution in [0.1, 0.15) is 39.5 Å². The van der Waals surface area contributed by atoms with E-state index >= 15 is 0 Å². The van der Waals surface area contributed by atoms with Crippen LogP contribution in [0.3, 0.4) is 0 Å². The largest absolute Gasteiger partial charge is 0.497 e. The number of hydrogen-bond donors (Lipinski definition) is 0. The van der Waals surface area contributed by atoms with E-state index in [9.17, 15) is 14.0 Å². The van der Waals surface area contributed by atoms with E-state index in [1.807, 2.05) is 43.3 Å². The van der Waals surface area contributed by atoms with E-state index in [1.165, 1.54) is 35.2 Å². The SMILES string of the molecule is COCCN(CC(=O)N1N=C(c2ccc(OC)cc2OC)C[C@@H]1c1ccc(C)cc1)C(=O)c1cccc(F)c1. The average molecular weight is 534 g/mol. The molecule has 1 atom stereocenters. The number of methoxy groups -OCH3 is 3. The van der Waals surface area contributed by atoms with Gasteiger partial charge in [-0.1, -0.05) is 35.9 Å². The van der Waals surface area contributed by atoms with Gasteiger partial charge in [-0.05, 0) is 42.8 Å². The Hall–Kier alpha value is -4.24. The van der Waals surface area contributed by atoms with E-state index in [4.69, 9.17) is 19.3 Å². The maximum absolute atomic E-state index is 13.8. The first-order valence-corrected chi connectivity index (χ1v) is 12.6. The zero-order valence-corrected chi connectivity index (χ0v) is 22.5. The number of halogens is 1. The van der Waals surface area contributed by atoms with Crippen molar-refractivity contribution in [1.29, 1.82) is 0 Å². The fourth-order valence-corrected chi connectivity index (χ4v) is 4.48. The number of nitrogens with zero attached hydrogens (tertiary/aromatic N) is 3. The van der Waals surface area contributed by atoms with Crippen LogP contribution in [0.2, 0.25) is 0 Å². The topological polar surface area (TPSA) is 80.7 Å². The second-order valence-corrected chi connectivity index (χ2v) is 9.21. The summed E-state index contributed by atoms with van der Waals surface area (Å²) in [6, 6.07) is 18.4. The third kappa shape index (κ3) is 6.43. The number of amides is 2. The zero-order valence-electron chi connectivity index (χ0n) is 22.5. The lowest BCUT2D eigenvalue weighted by molar-refractivity contribution is -0.133. The Bertz CT molecular complexity index is 1360. The van der Waals surface area contributed by atoms with E-state index in [1.54, 1.807) is 20.3 Å². The van der Waals surface area contributed by atoms with E-state index in [-0.39, 0.29) is 37.2 Å². The zero-order chi connectivity index (χ0) is 27.9. The Labute approximate surface area is 227 Å². The third-order valence-corrected chi connectivity index (χ3v) is 6.60. The molecular formula is C30H32FN3O5. The van der Waals surface area contributed by atoms with Crippen LogP contribution in [0.25, 0.3) is 0 Å². The van der Waals surface area contributed by atoms with Gasteiger partial charge >= 0.3 is 0 Å². The fraction of sp³-hybridized carbons (Fsp3) is 0.300. The second kappa shape index (κ2) is 12.5. The van der Waals surface area contributed by atoms with Gasteiger partial charge in [-0.15, -0.1) is 0 Å². The number of carbonyl (C=O) groups excluding carboxylic acids is 2. The van der Waals surface area contributed by atoms with Crippen LogP contribution < -0.4 is 9.47 Å². The van der Waals surface area contributed by atoms with Gasteiger partial charge in [0.25, 0.3) is 11.8 Å². The number of aryl methyl sites for hydroxylation is 1. The van der Waals surface area contributed by atoms with E-state index in [0.29, 0.717) is 23.6 Å². The molecule has 0 spiro atoms. The molecule has 1 aliphatic heterocycles. The Morgan fingerprint density at radius 3 is 2.46 bits per heavy atom. The van der Waals surface area contributed by atoms with Gasteiger partial charge < -0.3 is 19.1 Å². The molecule has 1 aliphatic rings. The monoisotopic (exact) mass is 533 g/mol. The number of carbonyl (C=O) groups is 2. The summed E-state index contributed by atoms with van der Waals surface area (Å²) in [6.45, 7) is 2.12. The summed E-state index contributed by atoms with van der Waals surface area (Å²) >= 11 is 0. The second-order valence-electron chi connectivity index (χ2n) is 9.21. The summed E-state index contributed by atoms with van der Waals surface area (Å²) in [6.07, 6.45) is 0.452.